The lowest BCUT2D eigenvalue weighted by Crippen LogP contribution is -2.05. The van der Waals surface area contributed by atoms with E-state index in [9.17, 15) is 0 Å². The lowest BCUT2D eigenvalue weighted by Gasteiger charge is -2.12. The highest BCUT2D eigenvalue weighted by molar-refractivity contribution is 5.89. The Balaban J connectivity index is 2.15. The molecule has 0 radical (unpaired) electrons. The smallest absolute Gasteiger partial charge is 0.130 e. The first kappa shape index (κ1) is 14.4. The summed E-state index contributed by atoms with van der Waals surface area (Å²) in [5, 5.41) is 0.985. The van der Waals surface area contributed by atoms with E-state index in [0.717, 1.165) is 33.7 Å². The highest BCUT2D eigenvalue weighted by Gasteiger charge is 2.09. The van der Waals surface area contributed by atoms with Crippen LogP contribution < -0.4 is 9.47 Å². The Morgan fingerprint density at radius 1 is 0.955 bits per heavy atom. The first-order chi connectivity index (χ1) is 10.7. The van der Waals surface area contributed by atoms with E-state index in [1.807, 2.05) is 68.4 Å². The maximum atomic E-state index is 5.76. The van der Waals surface area contributed by atoms with Gasteiger partial charge in [0.2, 0.25) is 0 Å². The zero-order valence-electron chi connectivity index (χ0n) is 13.0. The van der Waals surface area contributed by atoms with Crippen molar-refractivity contribution in [3.05, 3.63) is 54.6 Å². The van der Waals surface area contributed by atoms with Crippen LogP contribution in [0.5, 0.6) is 11.5 Å². The summed E-state index contributed by atoms with van der Waals surface area (Å²) < 4.78 is 11.3. The van der Waals surface area contributed by atoms with E-state index in [1.54, 1.807) is 7.11 Å². The van der Waals surface area contributed by atoms with Crippen LogP contribution in [0.4, 0.5) is 0 Å². The molecule has 0 aliphatic carbocycles. The minimum absolute atomic E-state index is 0.136. The van der Waals surface area contributed by atoms with E-state index in [4.69, 9.17) is 14.5 Å². The summed E-state index contributed by atoms with van der Waals surface area (Å²) in [6.45, 7) is 4.03. The minimum Gasteiger partial charge on any atom is -0.496 e. The van der Waals surface area contributed by atoms with E-state index < -0.39 is 0 Å². The predicted octanol–water partition coefficient (Wildman–Crippen LogP) is 4.70. The van der Waals surface area contributed by atoms with Gasteiger partial charge >= 0.3 is 0 Å². The van der Waals surface area contributed by atoms with Gasteiger partial charge in [-0.2, -0.15) is 0 Å². The molecule has 2 aromatic carbocycles. The Bertz CT molecular complexity index is 782. The molecule has 112 valence electrons. The summed E-state index contributed by atoms with van der Waals surface area (Å²) >= 11 is 0. The summed E-state index contributed by atoms with van der Waals surface area (Å²) in [5.74, 6) is 1.64. The molecule has 0 bridgehead atoms. The first-order valence-electron chi connectivity index (χ1n) is 7.38. The van der Waals surface area contributed by atoms with E-state index in [2.05, 4.69) is 0 Å². The number of aromatic nitrogens is 1. The van der Waals surface area contributed by atoms with Crippen molar-refractivity contribution in [2.24, 2.45) is 0 Å². The predicted molar refractivity (Wildman–Crippen MR) is 89.5 cm³/mol. The SMILES string of the molecule is COc1cc(-c2ccccc2)nc2cc(OC(C)C)ccc12. The van der Waals surface area contributed by atoms with E-state index >= 15 is 0 Å². The summed E-state index contributed by atoms with van der Waals surface area (Å²) in [6, 6.07) is 18.0. The molecule has 3 heteroatoms. The number of nitrogens with zero attached hydrogens (tertiary/aromatic N) is 1. The van der Waals surface area contributed by atoms with Gasteiger partial charge in [0.1, 0.15) is 11.5 Å². The zero-order chi connectivity index (χ0) is 15.5. The Labute approximate surface area is 130 Å². The van der Waals surface area contributed by atoms with Gasteiger partial charge in [-0.1, -0.05) is 30.3 Å². The molecule has 1 aromatic heterocycles. The van der Waals surface area contributed by atoms with Crippen molar-refractivity contribution in [2.75, 3.05) is 7.11 Å². The number of methoxy groups -OCH3 is 1. The Kier molecular flexibility index (Phi) is 3.96. The lowest BCUT2D eigenvalue weighted by molar-refractivity contribution is 0.242. The zero-order valence-corrected chi connectivity index (χ0v) is 13.0. The van der Waals surface area contributed by atoms with Gasteiger partial charge in [-0.25, -0.2) is 4.98 Å². The second-order valence-electron chi connectivity index (χ2n) is 5.42. The number of benzene rings is 2. The number of hydrogen-bond donors (Lipinski definition) is 0. The van der Waals surface area contributed by atoms with Crippen LogP contribution in [0.25, 0.3) is 22.2 Å². The molecule has 0 saturated carbocycles. The lowest BCUT2D eigenvalue weighted by atomic mass is 10.1. The third-order valence-electron chi connectivity index (χ3n) is 3.40. The van der Waals surface area contributed by atoms with Crippen LogP contribution in [-0.2, 0) is 0 Å². The molecule has 0 spiro atoms. The quantitative estimate of drug-likeness (QED) is 0.699. The minimum atomic E-state index is 0.136. The van der Waals surface area contributed by atoms with Crippen molar-refractivity contribution in [3.8, 4) is 22.8 Å². The molecule has 0 aliphatic rings. The molecule has 0 unspecified atom stereocenters. The van der Waals surface area contributed by atoms with Gasteiger partial charge in [0.05, 0.1) is 24.4 Å². The van der Waals surface area contributed by atoms with Crippen LogP contribution in [0.1, 0.15) is 13.8 Å². The molecule has 22 heavy (non-hydrogen) atoms. The average molecular weight is 293 g/mol. The monoisotopic (exact) mass is 293 g/mol. The van der Waals surface area contributed by atoms with Crippen LogP contribution in [0.3, 0.4) is 0 Å². The van der Waals surface area contributed by atoms with E-state index in [0.29, 0.717) is 0 Å². The van der Waals surface area contributed by atoms with E-state index in [1.165, 1.54) is 0 Å². The standard InChI is InChI=1S/C19H19NO2/c1-13(2)22-15-9-10-16-18(11-15)20-17(12-19(16)21-3)14-7-5-4-6-8-14/h4-13H,1-3H3. The van der Waals surface area contributed by atoms with Gasteiger partial charge in [0.25, 0.3) is 0 Å². The summed E-state index contributed by atoms with van der Waals surface area (Å²) in [6.07, 6.45) is 0.136. The fourth-order valence-corrected chi connectivity index (χ4v) is 2.45. The topological polar surface area (TPSA) is 31.4 Å². The van der Waals surface area contributed by atoms with Gasteiger partial charge < -0.3 is 9.47 Å². The molecule has 3 nitrogen and oxygen atoms in total. The molecule has 0 fully saturated rings. The van der Waals surface area contributed by atoms with Crippen molar-refractivity contribution < 1.29 is 9.47 Å². The van der Waals surface area contributed by atoms with Gasteiger partial charge in [-0.05, 0) is 26.0 Å². The largest absolute Gasteiger partial charge is 0.496 e. The molecule has 0 amide bonds. The fraction of sp³-hybridized carbons (Fsp3) is 0.211. The van der Waals surface area contributed by atoms with Gasteiger partial charge in [-0.3, -0.25) is 0 Å². The number of rotatable bonds is 4. The third-order valence-corrected chi connectivity index (χ3v) is 3.40. The highest BCUT2D eigenvalue weighted by atomic mass is 16.5. The molecule has 0 N–H and O–H groups in total. The Morgan fingerprint density at radius 3 is 2.41 bits per heavy atom. The molecule has 3 rings (SSSR count). The maximum absolute atomic E-state index is 5.76. The fourth-order valence-electron chi connectivity index (χ4n) is 2.45. The number of ether oxygens (including phenoxy) is 2. The molecule has 0 saturated heterocycles. The maximum Gasteiger partial charge on any atom is 0.130 e. The van der Waals surface area contributed by atoms with Crippen molar-refractivity contribution in [1.82, 2.24) is 4.98 Å². The number of fused-ring (bicyclic) bond motifs is 1. The number of pyridine rings is 1. The third kappa shape index (κ3) is 2.89. The molecular weight excluding hydrogens is 274 g/mol. The summed E-state index contributed by atoms with van der Waals surface area (Å²) in [5.41, 5.74) is 2.83. The number of hydrogen-bond acceptors (Lipinski definition) is 3. The van der Waals surface area contributed by atoms with Crippen molar-refractivity contribution in [1.29, 1.82) is 0 Å². The molecular formula is C19H19NO2. The van der Waals surface area contributed by atoms with E-state index in [-0.39, 0.29) is 6.10 Å². The second kappa shape index (κ2) is 6.06. The van der Waals surface area contributed by atoms with Crippen LogP contribution in [0.2, 0.25) is 0 Å². The van der Waals surface area contributed by atoms with Crippen molar-refractivity contribution in [3.63, 3.8) is 0 Å². The first-order valence-corrected chi connectivity index (χ1v) is 7.38. The van der Waals surface area contributed by atoms with Crippen molar-refractivity contribution in [2.45, 2.75) is 20.0 Å². The second-order valence-corrected chi connectivity index (χ2v) is 5.42. The van der Waals surface area contributed by atoms with Gasteiger partial charge in [-0.15, -0.1) is 0 Å². The molecule has 3 aromatic rings. The summed E-state index contributed by atoms with van der Waals surface area (Å²) in [7, 11) is 1.68. The molecule has 1 heterocycles. The Hall–Kier alpha value is -2.55. The van der Waals surface area contributed by atoms with Crippen LogP contribution >= 0.6 is 0 Å². The summed E-state index contributed by atoms with van der Waals surface area (Å²) in [4.78, 5) is 4.76. The van der Waals surface area contributed by atoms with Crippen molar-refractivity contribution >= 4 is 10.9 Å². The van der Waals surface area contributed by atoms with Crippen LogP contribution in [0.15, 0.2) is 54.6 Å². The average Bonchev–Trinajstić information content (AvgIpc) is 2.53. The molecule has 0 aliphatic heterocycles. The molecule has 0 atom stereocenters. The normalized spacial score (nSPS) is 10.9. The Morgan fingerprint density at radius 2 is 1.73 bits per heavy atom. The van der Waals surface area contributed by atoms with Gasteiger partial charge in [0, 0.05) is 23.1 Å². The van der Waals surface area contributed by atoms with Gasteiger partial charge in [0.15, 0.2) is 0 Å². The van der Waals surface area contributed by atoms with Crippen LogP contribution in [-0.4, -0.2) is 18.2 Å². The van der Waals surface area contributed by atoms with Crippen LogP contribution in [0, 0.1) is 0 Å². The highest BCUT2D eigenvalue weighted by Crippen LogP contribution is 2.32.